The van der Waals surface area contributed by atoms with Crippen molar-refractivity contribution in [3.63, 3.8) is 0 Å². The van der Waals surface area contributed by atoms with E-state index in [2.05, 4.69) is 5.32 Å². The number of hydrogen-bond acceptors (Lipinski definition) is 23. The van der Waals surface area contributed by atoms with E-state index < -0.39 is 173 Å². The van der Waals surface area contributed by atoms with Gasteiger partial charge >= 0.3 is 0 Å². The van der Waals surface area contributed by atoms with Crippen molar-refractivity contribution >= 4 is 5.91 Å². The van der Waals surface area contributed by atoms with Crippen LogP contribution >= 0.6 is 0 Å². The Morgan fingerprint density at radius 3 is 1.54 bits per heavy atom. The number of aliphatic hydroxyl groups is 12. The Bertz CT molecular complexity index is 1320. The average molecular weight is 864 g/mol. The van der Waals surface area contributed by atoms with Crippen LogP contribution in [0.4, 0.5) is 0 Å². The molecule has 5 fully saturated rings. The van der Waals surface area contributed by atoms with E-state index in [1.807, 2.05) is 6.92 Å². The van der Waals surface area contributed by atoms with Gasteiger partial charge in [-0.05, 0) is 27.2 Å². The smallest absolute Gasteiger partial charge is 0.217 e. The Balaban J connectivity index is 1.52. The number of carbonyl (C=O) groups is 1. The summed E-state index contributed by atoms with van der Waals surface area (Å²) in [6, 6.07) is -1.58. The zero-order chi connectivity index (χ0) is 43.6. The lowest BCUT2D eigenvalue weighted by Gasteiger charge is -2.51. The molecule has 0 spiro atoms. The van der Waals surface area contributed by atoms with Crippen molar-refractivity contribution in [1.29, 1.82) is 0 Å². The Labute approximate surface area is 338 Å². The molecule has 10 unspecified atom stereocenters. The molecule has 5 saturated heterocycles. The number of ether oxygens (including phenoxy) is 10. The Hall–Kier alpha value is -1.41. The van der Waals surface area contributed by atoms with Gasteiger partial charge in [-0.1, -0.05) is 6.92 Å². The molecule has 13 N–H and O–H groups in total. The van der Waals surface area contributed by atoms with Crippen molar-refractivity contribution in [3.05, 3.63) is 0 Å². The quantitative estimate of drug-likeness (QED) is 0.0771. The summed E-state index contributed by atoms with van der Waals surface area (Å²) in [4.78, 5) is 12.3. The maximum absolute atomic E-state index is 12.3. The summed E-state index contributed by atoms with van der Waals surface area (Å²) in [5, 5.41) is 132. The van der Waals surface area contributed by atoms with Gasteiger partial charge in [0.2, 0.25) is 5.91 Å². The fourth-order valence-electron chi connectivity index (χ4n) is 7.57. The minimum atomic E-state index is -2.00. The van der Waals surface area contributed by atoms with Gasteiger partial charge in [0.1, 0.15) is 104 Å². The first kappa shape index (κ1) is 48.6. The average Bonchev–Trinajstić information content (AvgIpc) is 3.20. The van der Waals surface area contributed by atoms with E-state index >= 15 is 0 Å². The lowest BCUT2D eigenvalue weighted by Crippen LogP contribution is -2.69. The van der Waals surface area contributed by atoms with Crippen LogP contribution in [0.15, 0.2) is 0 Å². The van der Waals surface area contributed by atoms with Gasteiger partial charge in [0.05, 0.1) is 31.5 Å². The van der Waals surface area contributed by atoms with Crippen LogP contribution in [-0.4, -0.2) is 240 Å². The second-order valence-corrected chi connectivity index (χ2v) is 15.5. The van der Waals surface area contributed by atoms with Gasteiger partial charge in [-0.3, -0.25) is 4.79 Å². The molecule has 25 atom stereocenters. The Morgan fingerprint density at radius 1 is 0.492 bits per heavy atom. The van der Waals surface area contributed by atoms with E-state index in [0.29, 0.717) is 6.42 Å². The molecule has 0 bridgehead atoms. The van der Waals surface area contributed by atoms with Crippen LogP contribution in [0.25, 0.3) is 0 Å². The van der Waals surface area contributed by atoms with E-state index in [-0.39, 0.29) is 6.61 Å². The topological polar surface area (TPSA) is 364 Å². The fraction of sp³-hybridized carbons (Fsp3) is 0.971. The van der Waals surface area contributed by atoms with Gasteiger partial charge in [-0.15, -0.1) is 0 Å². The molecule has 344 valence electrons. The molecule has 0 aromatic heterocycles. The molecular weight excluding hydrogens is 802 g/mol. The van der Waals surface area contributed by atoms with Gasteiger partial charge in [-0.2, -0.15) is 0 Å². The van der Waals surface area contributed by atoms with Gasteiger partial charge in [0.15, 0.2) is 31.5 Å². The van der Waals surface area contributed by atoms with Crippen molar-refractivity contribution in [2.75, 3.05) is 19.8 Å². The Morgan fingerprint density at radius 2 is 0.966 bits per heavy atom. The van der Waals surface area contributed by atoms with Crippen LogP contribution in [0.5, 0.6) is 0 Å². The van der Waals surface area contributed by atoms with Crippen LogP contribution < -0.4 is 5.32 Å². The molecule has 0 radical (unpaired) electrons. The van der Waals surface area contributed by atoms with Gasteiger partial charge < -0.3 is 114 Å². The highest BCUT2D eigenvalue weighted by molar-refractivity contribution is 5.73. The molecule has 24 nitrogen and oxygen atoms in total. The second-order valence-electron chi connectivity index (χ2n) is 15.5. The van der Waals surface area contributed by atoms with Gasteiger partial charge in [0, 0.05) is 13.5 Å². The first-order chi connectivity index (χ1) is 27.8. The maximum atomic E-state index is 12.3. The van der Waals surface area contributed by atoms with Crippen molar-refractivity contribution in [2.45, 2.75) is 195 Å². The van der Waals surface area contributed by atoms with Crippen molar-refractivity contribution in [1.82, 2.24) is 5.32 Å². The first-order valence-corrected chi connectivity index (χ1v) is 19.6. The third-order valence-corrected chi connectivity index (χ3v) is 11.1. The first-order valence-electron chi connectivity index (χ1n) is 19.6. The van der Waals surface area contributed by atoms with E-state index in [1.54, 1.807) is 0 Å². The zero-order valence-electron chi connectivity index (χ0n) is 33.1. The second kappa shape index (κ2) is 20.8. The van der Waals surface area contributed by atoms with Crippen LogP contribution in [0.2, 0.25) is 0 Å². The maximum Gasteiger partial charge on any atom is 0.217 e. The van der Waals surface area contributed by atoms with E-state index in [9.17, 15) is 66.1 Å². The molecular formula is C35H61NO23. The number of carbonyl (C=O) groups excluding carboxylic acids is 1. The summed E-state index contributed by atoms with van der Waals surface area (Å²) >= 11 is 0. The summed E-state index contributed by atoms with van der Waals surface area (Å²) in [6.45, 7) is 5.66. The number of amides is 1. The van der Waals surface area contributed by atoms with E-state index in [0.717, 1.165) is 6.92 Å². The molecule has 0 aromatic rings. The number of hydrogen-bond donors (Lipinski definition) is 13. The molecule has 0 aromatic carbocycles. The van der Waals surface area contributed by atoms with Gasteiger partial charge in [-0.25, -0.2) is 0 Å². The lowest BCUT2D eigenvalue weighted by atomic mass is 9.95. The fourth-order valence-corrected chi connectivity index (χ4v) is 7.57. The third kappa shape index (κ3) is 10.5. The largest absolute Gasteiger partial charge is 0.394 e. The summed E-state index contributed by atoms with van der Waals surface area (Å²) in [5.74, 6) is -0.726. The van der Waals surface area contributed by atoms with E-state index in [1.165, 1.54) is 20.8 Å². The van der Waals surface area contributed by atoms with Gasteiger partial charge in [0.25, 0.3) is 0 Å². The highest BCUT2D eigenvalue weighted by atomic mass is 16.8. The van der Waals surface area contributed by atoms with E-state index in [4.69, 9.17) is 47.4 Å². The minimum Gasteiger partial charge on any atom is -0.394 e. The summed E-state index contributed by atoms with van der Waals surface area (Å²) < 4.78 is 59.0. The molecule has 0 saturated carbocycles. The van der Waals surface area contributed by atoms with Crippen LogP contribution in [0.1, 0.15) is 41.0 Å². The minimum absolute atomic E-state index is 0.185. The van der Waals surface area contributed by atoms with Crippen molar-refractivity contribution in [2.24, 2.45) is 0 Å². The molecule has 59 heavy (non-hydrogen) atoms. The molecule has 5 heterocycles. The monoisotopic (exact) mass is 863 g/mol. The van der Waals surface area contributed by atoms with Crippen LogP contribution in [0, 0.1) is 0 Å². The summed E-state index contributed by atoms with van der Waals surface area (Å²) in [6.07, 6.45) is -39.0. The van der Waals surface area contributed by atoms with Crippen LogP contribution in [0.3, 0.4) is 0 Å². The predicted octanol–water partition coefficient (Wildman–Crippen LogP) is -7.26. The molecule has 24 heteroatoms. The van der Waals surface area contributed by atoms with Crippen molar-refractivity contribution < 1.29 is 113 Å². The lowest BCUT2D eigenvalue weighted by molar-refractivity contribution is -0.408. The SMILES string of the molecule is CCCO[C@@H]1OC(C)[C@H](O)[C@H](O[C@@H]2OC(C)[C@H](O)[C@H](O)C2O[C@@H]2OC(C)[C@H](O)[C@H](O[C@H]3O[C@@H](CO)[C@@H](O)C(O)C3O)C2O[C@@H]2OC(CO)[C@@H](O)[C@H](O)C2NC(C)=O)C1O. The molecule has 0 aliphatic carbocycles. The normalized spacial score (nSPS) is 51.0. The molecule has 5 aliphatic rings. The number of nitrogens with one attached hydrogen (secondary N) is 1. The predicted molar refractivity (Wildman–Crippen MR) is 188 cm³/mol. The Kier molecular flexibility index (Phi) is 17.2. The molecule has 5 rings (SSSR count). The number of rotatable bonds is 14. The highest BCUT2D eigenvalue weighted by Gasteiger charge is 2.57. The number of aliphatic hydroxyl groups excluding tert-OH is 12. The highest BCUT2D eigenvalue weighted by Crippen LogP contribution is 2.37. The third-order valence-electron chi connectivity index (χ3n) is 11.1. The van der Waals surface area contributed by atoms with Crippen molar-refractivity contribution in [3.8, 4) is 0 Å². The van der Waals surface area contributed by atoms with Crippen LogP contribution in [-0.2, 0) is 52.2 Å². The standard InChI is InChI=1S/C35H61NO23/c1-6-7-50-32-26(49)27(18(41)11(3)51-32)56-34-29(24(47)17(40)10(2)52-34)58-35-30(59-31-16(36-13(5)39)22(45)20(43)14(8-37)54-31)28(19(42)12(4)53-35)57-33-25(48)23(46)21(44)15(9-38)55-33/h10-12,14-35,37-38,40-49H,6-9H2,1-5H3,(H,36,39)/t10?,11?,12?,14?,15-,16?,17-,18-,19-,20+,21+,22+,23?,24-,25?,26?,27-,28-,29?,30?,31-,32+,33+,34-,35-/m0/s1. The molecule has 1 amide bonds. The summed E-state index contributed by atoms with van der Waals surface area (Å²) in [7, 11) is 0. The zero-order valence-corrected chi connectivity index (χ0v) is 33.1. The summed E-state index contributed by atoms with van der Waals surface area (Å²) in [5.41, 5.74) is 0. The molecule has 5 aliphatic heterocycles.